The van der Waals surface area contributed by atoms with Gasteiger partial charge in [-0.15, -0.1) is 5.10 Å². The molecule has 0 unspecified atom stereocenters. The van der Waals surface area contributed by atoms with Gasteiger partial charge in [0, 0.05) is 41.8 Å². The van der Waals surface area contributed by atoms with Crippen molar-refractivity contribution in [3.63, 3.8) is 0 Å². The fraction of sp³-hybridized carbons (Fsp3) is 0.231. The Kier molecular flexibility index (Phi) is 6.26. The Morgan fingerprint density at radius 1 is 1.06 bits per heavy atom. The molecule has 5 rings (SSSR count). The third-order valence-electron chi connectivity index (χ3n) is 6.17. The van der Waals surface area contributed by atoms with Crippen LogP contribution in [-0.4, -0.2) is 53.4 Å². The molecule has 3 N–H and O–H groups in total. The number of aliphatic hydroxyl groups excluding tert-OH is 1. The van der Waals surface area contributed by atoms with Crippen LogP contribution in [0.4, 0.5) is 0 Å². The predicted octanol–water partition coefficient (Wildman–Crippen LogP) is 3.08. The van der Waals surface area contributed by atoms with Gasteiger partial charge in [-0.1, -0.05) is 42.5 Å². The SMILES string of the molecule is C[C@H](Cc1ccc2c(c1)cc(C(=O)O)n2Cc1ccccc1)NC[C@H](O)c1ccc2nnnn2c1. The Hall–Kier alpha value is -4.08. The molecule has 0 radical (unpaired) electrons. The molecule has 0 spiro atoms. The summed E-state index contributed by atoms with van der Waals surface area (Å²) in [6, 6.07) is 21.3. The van der Waals surface area contributed by atoms with Crippen LogP contribution in [0.5, 0.6) is 0 Å². The lowest BCUT2D eigenvalue weighted by molar-refractivity contribution is 0.0686. The van der Waals surface area contributed by atoms with Gasteiger partial charge in [-0.05, 0) is 59.2 Å². The normalized spacial score (nSPS) is 13.3. The predicted molar refractivity (Wildman–Crippen MR) is 131 cm³/mol. The van der Waals surface area contributed by atoms with E-state index < -0.39 is 12.1 Å². The number of hydrogen-bond acceptors (Lipinski definition) is 6. The topological polar surface area (TPSA) is 118 Å². The highest BCUT2D eigenvalue weighted by atomic mass is 16.4. The minimum atomic E-state index is -0.942. The van der Waals surface area contributed by atoms with E-state index >= 15 is 0 Å². The van der Waals surface area contributed by atoms with E-state index in [1.165, 1.54) is 4.52 Å². The standard InChI is InChI=1S/C26H26N6O3/c1-17(27-14-24(33)20-8-10-25-28-29-30-32(25)16-20)11-19-7-9-22-21(12-19)13-23(26(34)35)31(22)15-18-5-3-2-4-6-18/h2-10,12-13,16-17,24,27,33H,11,14-15H2,1H3,(H,34,35)/t17-,24+/m1/s1. The first kappa shape index (κ1) is 22.7. The van der Waals surface area contributed by atoms with Crippen molar-refractivity contribution in [1.29, 1.82) is 0 Å². The van der Waals surface area contributed by atoms with Gasteiger partial charge in [-0.2, -0.15) is 0 Å². The Labute approximate surface area is 201 Å². The van der Waals surface area contributed by atoms with Crippen LogP contribution in [0.3, 0.4) is 0 Å². The second-order valence-corrected chi connectivity index (χ2v) is 8.77. The second-order valence-electron chi connectivity index (χ2n) is 8.77. The average Bonchev–Trinajstić information content (AvgIpc) is 3.47. The first-order valence-electron chi connectivity index (χ1n) is 11.5. The molecule has 2 atom stereocenters. The van der Waals surface area contributed by atoms with Crippen molar-refractivity contribution in [3.8, 4) is 0 Å². The molecule has 9 heteroatoms. The van der Waals surface area contributed by atoms with E-state index in [2.05, 4.69) is 27.8 Å². The maximum atomic E-state index is 11.9. The molecule has 2 aromatic carbocycles. The van der Waals surface area contributed by atoms with E-state index in [0.29, 0.717) is 18.7 Å². The molecule has 9 nitrogen and oxygen atoms in total. The van der Waals surface area contributed by atoms with Crippen LogP contribution in [0.2, 0.25) is 0 Å². The fourth-order valence-corrected chi connectivity index (χ4v) is 4.37. The van der Waals surface area contributed by atoms with E-state index in [1.807, 2.05) is 59.2 Å². The Bertz CT molecular complexity index is 1480. The number of nitrogens with zero attached hydrogens (tertiary/aromatic N) is 5. The van der Waals surface area contributed by atoms with Crippen LogP contribution in [0.1, 0.15) is 40.2 Å². The van der Waals surface area contributed by atoms with Crippen molar-refractivity contribution in [1.82, 2.24) is 29.9 Å². The van der Waals surface area contributed by atoms with Gasteiger partial charge in [-0.25, -0.2) is 9.31 Å². The Morgan fingerprint density at radius 3 is 2.69 bits per heavy atom. The maximum absolute atomic E-state index is 11.9. The monoisotopic (exact) mass is 470 g/mol. The minimum Gasteiger partial charge on any atom is -0.477 e. The summed E-state index contributed by atoms with van der Waals surface area (Å²) >= 11 is 0. The zero-order valence-electron chi connectivity index (χ0n) is 19.2. The fourth-order valence-electron chi connectivity index (χ4n) is 4.37. The smallest absolute Gasteiger partial charge is 0.352 e. The number of fused-ring (bicyclic) bond motifs is 2. The molecule has 0 amide bonds. The lowest BCUT2D eigenvalue weighted by atomic mass is 10.0. The van der Waals surface area contributed by atoms with Crippen LogP contribution in [-0.2, 0) is 13.0 Å². The zero-order chi connectivity index (χ0) is 24.4. The third kappa shape index (κ3) is 4.91. The van der Waals surface area contributed by atoms with Gasteiger partial charge < -0.3 is 20.1 Å². The van der Waals surface area contributed by atoms with Gasteiger partial charge >= 0.3 is 5.97 Å². The quantitative estimate of drug-likeness (QED) is 0.303. The van der Waals surface area contributed by atoms with Crippen LogP contribution >= 0.6 is 0 Å². The molecular weight excluding hydrogens is 444 g/mol. The summed E-state index contributed by atoms with van der Waals surface area (Å²) in [7, 11) is 0. The summed E-state index contributed by atoms with van der Waals surface area (Å²) < 4.78 is 3.38. The molecule has 178 valence electrons. The van der Waals surface area contributed by atoms with Gasteiger partial charge in [0.15, 0.2) is 5.65 Å². The molecule has 0 aliphatic carbocycles. The summed E-state index contributed by atoms with van der Waals surface area (Å²) in [4.78, 5) is 11.9. The Morgan fingerprint density at radius 2 is 1.89 bits per heavy atom. The van der Waals surface area contributed by atoms with Crippen LogP contribution in [0, 0.1) is 0 Å². The molecular formula is C26H26N6O3. The molecule has 5 aromatic rings. The molecule has 3 aromatic heterocycles. The number of nitrogens with one attached hydrogen (secondary N) is 1. The van der Waals surface area contributed by atoms with Crippen LogP contribution < -0.4 is 5.32 Å². The van der Waals surface area contributed by atoms with E-state index in [-0.39, 0.29) is 11.7 Å². The maximum Gasteiger partial charge on any atom is 0.352 e. The number of carboxylic acid groups (broad SMARTS) is 1. The van der Waals surface area contributed by atoms with E-state index in [4.69, 9.17) is 0 Å². The molecule has 0 aliphatic heterocycles. The molecule has 35 heavy (non-hydrogen) atoms. The van der Waals surface area contributed by atoms with Crippen molar-refractivity contribution in [2.75, 3.05) is 6.54 Å². The van der Waals surface area contributed by atoms with Crippen LogP contribution in [0.15, 0.2) is 72.9 Å². The number of aromatic nitrogens is 5. The number of aromatic carboxylic acids is 1. The molecule has 0 saturated carbocycles. The largest absolute Gasteiger partial charge is 0.477 e. The average molecular weight is 471 g/mol. The van der Waals surface area contributed by atoms with Gasteiger partial charge in [0.25, 0.3) is 0 Å². The van der Waals surface area contributed by atoms with Gasteiger partial charge in [0.05, 0.1) is 6.10 Å². The number of hydrogen-bond donors (Lipinski definition) is 3. The molecule has 0 aliphatic rings. The highest BCUT2D eigenvalue weighted by Crippen LogP contribution is 2.24. The highest BCUT2D eigenvalue weighted by molar-refractivity contribution is 5.95. The van der Waals surface area contributed by atoms with E-state index in [1.54, 1.807) is 18.3 Å². The number of benzene rings is 2. The first-order valence-corrected chi connectivity index (χ1v) is 11.5. The van der Waals surface area contributed by atoms with Crippen molar-refractivity contribution in [3.05, 3.63) is 95.3 Å². The highest BCUT2D eigenvalue weighted by Gasteiger charge is 2.16. The summed E-state index contributed by atoms with van der Waals surface area (Å²) in [5.41, 5.74) is 4.66. The minimum absolute atomic E-state index is 0.101. The zero-order valence-corrected chi connectivity index (χ0v) is 19.2. The van der Waals surface area contributed by atoms with Gasteiger partial charge in [0.2, 0.25) is 0 Å². The molecule has 0 saturated heterocycles. The molecule has 0 fully saturated rings. The van der Waals surface area contributed by atoms with Gasteiger partial charge in [0.1, 0.15) is 5.69 Å². The number of carboxylic acids is 1. The summed E-state index contributed by atoms with van der Waals surface area (Å²) in [5, 5.41) is 36.0. The van der Waals surface area contributed by atoms with Gasteiger partial charge in [-0.3, -0.25) is 0 Å². The lowest BCUT2D eigenvalue weighted by Crippen LogP contribution is -2.32. The summed E-state index contributed by atoms with van der Waals surface area (Å²) in [5.74, 6) is -0.942. The number of carbonyl (C=O) groups is 1. The molecule has 0 bridgehead atoms. The van der Waals surface area contributed by atoms with Crippen LogP contribution in [0.25, 0.3) is 16.6 Å². The van der Waals surface area contributed by atoms with Crippen molar-refractivity contribution in [2.24, 2.45) is 0 Å². The lowest BCUT2D eigenvalue weighted by Gasteiger charge is -2.18. The summed E-state index contributed by atoms with van der Waals surface area (Å²) in [6.07, 6.45) is 1.76. The molecule has 3 heterocycles. The summed E-state index contributed by atoms with van der Waals surface area (Å²) in [6.45, 7) is 2.94. The number of aliphatic hydroxyl groups is 1. The van der Waals surface area contributed by atoms with E-state index in [0.717, 1.165) is 34.0 Å². The van der Waals surface area contributed by atoms with E-state index in [9.17, 15) is 15.0 Å². The Balaban J connectivity index is 1.27. The van der Waals surface area contributed by atoms with Crippen molar-refractivity contribution < 1.29 is 15.0 Å². The number of rotatable bonds is 9. The van der Waals surface area contributed by atoms with Crippen molar-refractivity contribution >= 4 is 22.5 Å². The van der Waals surface area contributed by atoms with Crippen molar-refractivity contribution in [2.45, 2.75) is 32.0 Å². The second kappa shape index (κ2) is 9.65. The number of pyridine rings is 1. The third-order valence-corrected chi connectivity index (χ3v) is 6.17. The first-order chi connectivity index (χ1) is 17.0. The number of tetrazole rings is 1.